The molecule has 1 aliphatic carbocycles. The second-order valence-electron chi connectivity index (χ2n) is 5.69. The van der Waals surface area contributed by atoms with Crippen molar-refractivity contribution in [3.63, 3.8) is 0 Å². The van der Waals surface area contributed by atoms with E-state index in [-0.39, 0.29) is 0 Å². The van der Waals surface area contributed by atoms with Crippen LogP contribution >= 0.6 is 27.7 Å². The van der Waals surface area contributed by atoms with Crippen LogP contribution in [0, 0.1) is 0 Å². The molecule has 1 unspecified atom stereocenters. The third-order valence-corrected chi connectivity index (χ3v) is 5.69. The maximum absolute atomic E-state index is 4.91. The predicted octanol–water partition coefficient (Wildman–Crippen LogP) is 3.38. The van der Waals surface area contributed by atoms with Crippen LogP contribution in [0.25, 0.3) is 11.0 Å². The lowest BCUT2D eigenvalue weighted by Crippen LogP contribution is -2.39. The van der Waals surface area contributed by atoms with Crippen LogP contribution < -0.4 is 5.32 Å². The first-order valence-corrected chi connectivity index (χ1v) is 9.23. The van der Waals surface area contributed by atoms with Crippen LogP contribution in [0.1, 0.15) is 24.7 Å². The fourth-order valence-electron chi connectivity index (χ4n) is 2.98. The molecule has 5 heteroatoms. The van der Waals surface area contributed by atoms with E-state index < -0.39 is 0 Å². The van der Waals surface area contributed by atoms with Crippen molar-refractivity contribution < 1.29 is 0 Å². The number of fused-ring (bicyclic) bond motifs is 1. The highest BCUT2D eigenvalue weighted by molar-refractivity contribution is 9.10. The number of halogens is 1. The van der Waals surface area contributed by atoms with Gasteiger partial charge >= 0.3 is 0 Å². The summed E-state index contributed by atoms with van der Waals surface area (Å²) < 4.78 is 3.60. The van der Waals surface area contributed by atoms with E-state index >= 15 is 0 Å². The largest absolute Gasteiger partial charge is 0.325 e. The van der Waals surface area contributed by atoms with Crippen LogP contribution in [0.15, 0.2) is 22.7 Å². The number of hydrogen-bond donors (Lipinski definition) is 1. The van der Waals surface area contributed by atoms with Gasteiger partial charge < -0.3 is 9.88 Å². The first-order chi connectivity index (χ1) is 9.81. The quantitative estimate of drug-likeness (QED) is 0.919. The summed E-state index contributed by atoms with van der Waals surface area (Å²) in [6.45, 7) is 1.13. The van der Waals surface area contributed by atoms with E-state index in [9.17, 15) is 0 Å². The van der Waals surface area contributed by atoms with Crippen molar-refractivity contribution in [1.82, 2.24) is 14.9 Å². The fourth-order valence-corrected chi connectivity index (χ4v) is 4.28. The van der Waals surface area contributed by atoms with Gasteiger partial charge in [-0.05, 0) is 31.0 Å². The third kappa shape index (κ3) is 2.51. The van der Waals surface area contributed by atoms with Crippen molar-refractivity contribution in [2.24, 2.45) is 0 Å². The molecular weight excluding hydrogens is 334 g/mol. The molecule has 1 saturated carbocycles. The number of rotatable bonds is 3. The normalized spacial score (nSPS) is 23.4. The minimum absolute atomic E-state index is 0.575. The minimum Gasteiger partial charge on any atom is -0.325 e. The van der Waals surface area contributed by atoms with E-state index in [1.807, 2.05) is 0 Å². The molecule has 4 rings (SSSR count). The Labute approximate surface area is 131 Å². The van der Waals surface area contributed by atoms with E-state index in [1.165, 1.54) is 35.7 Å². The molecule has 1 aromatic carbocycles. The Bertz CT molecular complexity index is 629. The molecule has 1 saturated heterocycles. The molecule has 2 aromatic rings. The number of benzene rings is 1. The van der Waals surface area contributed by atoms with Gasteiger partial charge in [0.15, 0.2) is 0 Å². The monoisotopic (exact) mass is 351 g/mol. The van der Waals surface area contributed by atoms with Gasteiger partial charge in [0.1, 0.15) is 5.82 Å². The van der Waals surface area contributed by atoms with Crippen molar-refractivity contribution >= 4 is 38.7 Å². The smallest absolute Gasteiger partial charge is 0.111 e. The Balaban J connectivity index is 1.71. The number of hydrogen-bond acceptors (Lipinski definition) is 3. The van der Waals surface area contributed by atoms with Gasteiger partial charge in [0.25, 0.3) is 0 Å². The van der Waals surface area contributed by atoms with Gasteiger partial charge in [-0.3, -0.25) is 0 Å². The van der Waals surface area contributed by atoms with Crippen molar-refractivity contribution in [2.45, 2.75) is 31.3 Å². The average molecular weight is 352 g/mol. The third-order valence-electron chi connectivity index (χ3n) is 4.06. The summed E-state index contributed by atoms with van der Waals surface area (Å²) in [5, 5.41) is 3.63. The Morgan fingerprint density at radius 3 is 3.05 bits per heavy atom. The highest BCUT2D eigenvalue weighted by Gasteiger charge is 2.29. The number of thioether (sulfide) groups is 1. The van der Waals surface area contributed by atoms with Crippen molar-refractivity contribution in [1.29, 1.82) is 0 Å². The number of imidazole rings is 1. The molecule has 1 atom stereocenters. The molecule has 1 N–H and O–H groups in total. The maximum atomic E-state index is 4.91. The summed E-state index contributed by atoms with van der Waals surface area (Å²) >= 11 is 5.61. The second kappa shape index (κ2) is 5.35. The number of nitrogens with zero attached hydrogens (tertiary/aromatic N) is 2. The SMILES string of the molecule is Brc1ccc2c(c1)nc(CC1CSCCN1)n2C1CC1. The first kappa shape index (κ1) is 13.2. The molecule has 0 bridgehead atoms. The van der Waals surface area contributed by atoms with Gasteiger partial charge in [-0.25, -0.2) is 4.98 Å². The van der Waals surface area contributed by atoms with Crippen molar-refractivity contribution in [2.75, 3.05) is 18.1 Å². The maximum Gasteiger partial charge on any atom is 0.111 e. The minimum atomic E-state index is 0.575. The summed E-state index contributed by atoms with van der Waals surface area (Å²) in [5.41, 5.74) is 2.43. The average Bonchev–Trinajstić information content (AvgIpc) is 3.22. The van der Waals surface area contributed by atoms with Crippen LogP contribution in [0.4, 0.5) is 0 Å². The van der Waals surface area contributed by atoms with E-state index in [4.69, 9.17) is 4.98 Å². The molecule has 2 aliphatic rings. The molecule has 2 fully saturated rings. The van der Waals surface area contributed by atoms with Gasteiger partial charge in [0.2, 0.25) is 0 Å². The van der Waals surface area contributed by atoms with Gasteiger partial charge in [-0.15, -0.1) is 0 Å². The topological polar surface area (TPSA) is 29.9 Å². The predicted molar refractivity (Wildman–Crippen MR) is 88.5 cm³/mol. The Morgan fingerprint density at radius 2 is 2.30 bits per heavy atom. The zero-order valence-electron chi connectivity index (χ0n) is 11.3. The Hall–Kier alpha value is -0.520. The molecule has 20 heavy (non-hydrogen) atoms. The summed E-state index contributed by atoms with van der Waals surface area (Å²) in [5.74, 6) is 3.71. The Morgan fingerprint density at radius 1 is 1.40 bits per heavy atom. The Kier molecular flexibility index (Phi) is 3.52. The zero-order chi connectivity index (χ0) is 13.5. The number of aromatic nitrogens is 2. The standard InChI is InChI=1S/C15H18BrN3S/c16-10-1-4-14-13(7-10)18-15(19(14)12-2-3-12)8-11-9-20-6-5-17-11/h1,4,7,11-12,17H,2-3,5-6,8-9H2. The van der Waals surface area contributed by atoms with Crippen LogP contribution in [-0.4, -0.2) is 33.6 Å². The van der Waals surface area contributed by atoms with E-state index in [2.05, 4.69) is 55.8 Å². The summed E-state index contributed by atoms with van der Waals surface area (Å²) in [6.07, 6.45) is 3.67. The van der Waals surface area contributed by atoms with E-state index in [0.717, 1.165) is 23.0 Å². The summed E-state index contributed by atoms with van der Waals surface area (Å²) in [7, 11) is 0. The highest BCUT2D eigenvalue weighted by Crippen LogP contribution is 2.39. The van der Waals surface area contributed by atoms with Crippen molar-refractivity contribution in [3.05, 3.63) is 28.5 Å². The second-order valence-corrected chi connectivity index (χ2v) is 7.76. The van der Waals surface area contributed by atoms with Gasteiger partial charge in [-0.2, -0.15) is 11.8 Å². The van der Waals surface area contributed by atoms with Crippen LogP contribution in [-0.2, 0) is 6.42 Å². The van der Waals surface area contributed by atoms with Crippen molar-refractivity contribution in [3.8, 4) is 0 Å². The highest BCUT2D eigenvalue weighted by atomic mass is 79.9. The fraction of sp³-hybridized carbons (Fsp3) is 0.533. The molecule has 2 heterocycles. The van der Waals surface area contributed by atoms with E-state index in [1.54, 1.807) is 0 Å². The lowest BCUT2D eigenvalue weighted by atomic mass is 10.2. The summed E-state index contributed by atoms with van der Waals surface area (Å²) in [4.78, 5) is 4.91. The molecule has 1 aromatic heterocycles. The van der Waals surface area contributed by atoms with Crippen LogP contribution in [0.5, 0.6) is 0 Å². The molecule has 0 radical (unpaired) electrons. The van der Waals surface area contributed by atoms with Gasteiger partial charge in [0.05, 0.1) is 11.0 Å². The lowest BCUT2D eigenvalue weighted by Gasteiger charge is -2.23. The first-order valence-electron chi connectivity index (χ1n) is 7.29. The molecule has 1 aliphatic heterocycles. The van der Waals surface area contributed by atoms with Gasteiger partial charge in [-0.1, -0.05) is 15.9 Å². The van der Waals surface area contributed by atoms with E-state index in [0.29, 0.717) is 12.1 Å². The summed E-state index contributed by atoms with van der Waals surface area (Å²) in [6, 6.07) is 7.73. The molecular formula is C15H18BrN3S. The van der Waals surface area contributed by atoms with Crippen LogP contribution in [0.3, 0.4) is 0 Å². The van der Waals surface area contributed by atoms with Crippen LogP contribution in [0.2, 0.25) is 0 Å². The zero-order valence-corrected chi connectivity index (χ0v) is 13.7. The van der Waals surface area contributed by atoms with Gasteiger partial charge in [0, 0.05) is 41.0 Å². The molecule has 0 amide bonds. The molecule has 3 nitrogen and oxygen atoms in total. The lowest BCUT2D eigenvalue weighted by molar-refractivity contribution is 0.535. The molecule has 0 spiro atoms. The molecule has 106 valence electrons. The number of nitrogens with one attached hydrogen (secondary N) is 1.